The molecule has 5 rings (SSSR count). The normalized spacial score (nSPS) is 24.8. The molecule has 33 heavy (non-hydrogen) atoms. The average Bonchev–Trinajstić information content (AvgIpc) is 3.41. The molecule has 0 spiro atoms. The van der Waals surface area contributed by atoms with Crippen molar-refractivity contribution < 1.29 is 14.4 Å². The Morgan fingerprint density at radius 2 is 1.61 bits per heavy atom. The number of benzene rings is 2. The van der Waals surface area contributed by atoms with Gasteiger partial charge >= 0.3 is 0 Å². The first kappa shape index (κ1) is 21.8. The van der Waals surface area contributed by atoms with E-state index < -0.39 is 6.04 Å². The number of carbonyl (C=O) groups excluding carboxylic acids is 3. The molecule has 1 saturated heterocycles. The van der Waals surface area contributed by atoms with E-state index in [4.69, 9.17) is 0 Å². The van der Waals surface area contributed by atoms with Crippen molar-refractivity contribution in [3.05, 3.63) is 70.8 Å². The van der Waals surface area contributed by atoms with Crippen molar-refractivity contribution in [2.75, 3.05) is 0 Å². The molecule has 2 aliphatic heterocycles. The Kier molecular flexibility index (Phi) is 6.24. The highest BCUT2D eigenvalue weighted by molar-refractivity contribution is 6.05. The molecule has 1 saturated carbocycles. The van der Waals surface area contributed by atoms with E-state index in [9.17, 15) is 14.4 Å². The predicted octanol–water partition coefficient (Wildman–Crippen LogP) is 2.25. The predicted molar refractivity (Wildman–Crippen MR) is 124 cm³/mol. The molecule has 3 N–H and O–H groups in total. The quantitative estimate of drug-likeness (QED) is 0.568. The van der Waals surface area contributed by atoms with Crippen LogP contribution in [0.25, 0.3) is 0 Å². The Morgan fingerprint density at radius 3 is 2.33 bits per heavy atom. The standard InChI is InChI=1S/C26H30N4O3/c31-24-12-11-23(25(32)29-24)30-16-19-13-18(9-10-20(19)26(30)33)15-28-22-8-4-7-21(22)27-14-17-5-2-1-3-6-17/h1-3,5-6,9-10,13,21-23,27-28H,4,7-8,11-12,14-16H2,(H,29,31,32)/t21-,22-,23?/m0/s1. The molecule has 0 aromatic heterocycles. The molecule has 0 radical (unpaired) electrons. The fourth-order valence-corrected chi connectivity index (χ4v) is 5.28. The lowest BCUT2D eigenvalue weighted by molar-refractivity contribution is -0.136. The third-order valence-electron chi connectivity index (χ3n) is 7.08. The first-order valence-electron chi connectivity index (χ1n) is 11.9. The number of imide groups is 1. The van der Waals surface area contributed by atoms with Gasteiger partial charge in [-0.3, -0.25) is 19.7 Å². The highest BCUT2D eigenvalue weighted by Gasteiger charge is 2.39. The Labute approximate surface area is 193 Å². The minimum Gasteiger partial charge on any atom is -0.322 e. The van der Waals surface area contributed by atoms with Gasteiger partial charge in [-0.15, -0.1) is 0 Å². The Hall–Kier alpha value is -3.03. The number of nitrogens with zero attached hydrogens (tertiary/aromatic N) is 1. The topological polar surface area (TPSA) is 90.5 Å². The smallest absolute Gasteiger partial charge is 0.255 e. The van der Waals surface area contributed by atoms with E-state index in [2.05, 4.69) is 46.3 Å². The van der Waals surface area contributed by atoms with Crippen LogP contribution in [0.1, 0.15) is 59.2 Å². The van der Waals surface area contributed by atoms with Crippen molar-refractivity contribution in [2.45, 2.75) is 69.9 Å². The summed E-state index contributed by atoms with van der Waals surface area (Å²) in [5.41, 5.74) is 4.05. The van der Waals surface area contributed by atoms with Crippen LogP contribution in [0.5, 0.6) is 0 Å². The van der Waals surface area contributed by atoms with Crippen molar-refractivity contribution in [2.24, 2.45) is 0 Å². The van der Waals surface area contributed by atoms with Gasteiger partial charge in [0, 0.05) is 43.7 Å². The zero-order valence-corrected chi connectivity index (χ0v) is 18.7. The number of carbonyl (C=O) groups is 3. The van der Waals surface area contributed by atoms with Gasteiger partial charge in [-0.1, -0.05) is 48.9 Å². The minimum absolute atomic E-state index is 0.125. The molecule has 7 heteroatoms. The van der Waals surface area contributed by atoms with Gasteiger partial charge in [0.25, 0.3) is 5.91 Å². The van der Waals surface area contributed by atoms with Crippen LogP contribution < -0.4 is 16.0 Å². The zero-order valence-electron chi connectivity index (χ0n) is 18.7. The highest BCUT2D eigenvalue weighted by Crippen LogP contribution is 2.28. The maximum atomic E-state index is 12.9. The average molecular weight is 447 g/mol. The lowest BCUT2D eigenvalue weighted by Crippen LogP contribution is -2.52. The van der Waals surface area contributed by atoms with Crippen molar-refractivity contribution in [3.8, 4) is 0 Å². The summed E-state index contributed by atoms with van der Waals surface area (Å²) in [4.78, 5) is 38.2. The number of piperidine rings is 1. The molecule has 7 nitrogen and oxygen atoms in total. The second kappa shape index (κ2) is 9.45. The van der Waals surface area contributed by atoms with Crippen LogP contribution in [0.2, 0.25) is 0 Å². The first-order valence-corrected chi connectivity index (χ1v) is 11.9. The Balaban J connectivity index is 1.18. The summed E-state index contributed by atoms with van der Waals surface area (Å²) in [6, 6.07) is 16.7. The molecule has 3 aliphatic rings. The molecule has 1 unspecified atom stereocenters. The van der Waals surface area contributed by atoms with E-state index in [0.29, 0.717) is 30.6 Å². The van der Waals surface area contributed by atoms with E-state index in [1.165, 1.54) is 18.4 Å². The third-order valence-corrected chi connectivity index (χ3v) is 7.08. The van der Waals surface area contributed by atoms with Crippen LogP contribution in [-0.4, -0.2) is 40.7 Å². The largest absolute Gasteiger partial charge is 0.322 e. The number of hydrogen-bond acceptors (Lipinski definition) is 5. The van der Waals surface area contributed by atoms with Crippen molar-refractivity contribution in [3.63, 3.8) is 0 Å². The number of nitrogens with one attached hydrogen (secondary N) is 3. The molecule has 0 bridgehead atoms. The van der Waals surface area contributed by atoms with E-state index in [1.54, 1.807) is 4.90 Å². The van der Waals surface area contributed by atoms with E-state index in [-0.39, 0.29) is 24.1 Å². The second-order valence-electron chi connectivity index (χ2n) is 9.28. The monoisotopic (exact) mass is 446 g/mol. The van der Waals surface area contributed by atoms with Gasteiger partial charge in [0.2, 0.25) is 11.8 Å². The number of rotatable bonds is 7. The van der Waals surface area contributed by atoms with E-state index in [1.807, 2.05) is 18.2 Å². The summed E-state index contributed by atoms with van der Waals surface area (Å²) in [6.45, 7) is 2.04. The number of hydrogen-bond donors (Lipinski definition) is 3. The molecule has 2 fully saturated rings. The summed E-state index contributed by atoms with van der Waals surface area (Å²) in [5.74, 6) is -0.762. The molecule has 172 valence electrons. The lowest BCUT2D eigenvalue weighted by atomic mass is 10.0. The molecular weight excluding hydrogens is 416 g/mol. The molecule has 2 aromatic rings. The van der Waals surface area contributed by atoms with Crippen molar-refractivity contribution >= 4 is 17.7 Å². The van der Waals surface area contributed by atoms with Crippen molar-refractivity contribution in [1.29, 1.82) is 0 Å². The molecular formula is C26H30N4O3. The van der Waals surface area contributed by atoms with E-state index >= 15 is 0 Å². The zero-order chi connectivity index (χ0) is 22.8. The van der Waals surface area contributed by atoms with Gasteiger partial charge in [-0.25, -0.2) is 0 Å². The highest BCUT2D eigenvalue weighted by atomic mass is 16.2. The van der Waals surface area contributed by atoms with Crippen LogP contribution in [-0.2, 0) is 29.2 Å². The maximum absolute atomic E-state index is 12.9. The molecule has 1 aliphatic carbocycles. The Bertz CT molecular complexity index is 1050. The summed E-state index contributed by atoms with van der Waals surface area (Å²) in [7, 11) is 0. The third kappa shape index (κ3) is 4.70. The van der Waals surface area contributed by atoms with Gasteiger partial charge in [-0.05, 0) is 42.0 Å². The fraction of sp³-hybridized carbons (Fsp3) is 0.423. The summed E-state index contributed by atoms with van der Waals surface area (Å²) in [6.07, 6.45) is 4.19. The van der Waals surface area contributed by atoms with Gasteiger partial charge in [-0.2, -0.15) is 0 Å². The molecule has 2 heterocycles. The van der Waals surface area contributed by atoms with Gasteiger partial charge in [0.05, 0.1) is 0 Å². The van der Waals surface area contributed by atoms with Crippen LogP contribution in [0.3, 0.4) is 0 Å². The maximum Gasteiger partial charge on any atom is 0.255 e. The van der Waals surface area contributed by atoms with Crippen LogP contribution in [0, 0.1) is 0 Å². The fourth-order valence-electron chi connectivity index (χ4n) is 5.28. The SMILES string of the molecule is O=C1CCC(N2Cc3cc(CN[C@H]4CCC[C@@H]4NCc4ccccc4)ccc3C2=O)C(=O)N1. The van der Waals surface area contributed by atoms with Crippen LogP contribution >= 0.6 is 0 Å². The van der Waals surface area contributed by atoms with Gasteiger partial charge in [0.1, 0.15) is 6.04 Å². The minimum atomic E-state index is -0.570. The molecule has 3 amide bonds. The van der Waals surface area contributed by atoms with E-state index in [0.717, 1.165) is 30.6 Å². The van der Waals surface area contributed by atoms with Crippen LogP contribution in [0.4, 0.5) is 0 Å². The summed E-state index contributed by atoms with van der Waals surface area (Å²) in [5, 5.41) is 9.77. The number of fused-ring (bicyclic) bond motifs is 1. The van der Waals surface area contributed by atoms with Gasteiger partial charge in [0.15, 0.2) is 0 Å². The van der Waals surface area contributed by atoms with Gasteiger partial charge < -0.3 is 15.5 Å². The summed E-state index contributed by atoms with van der Waals surface area (Å²) >= 11 is 0. The summed E-state index contributed by atoms with van der Waals surface area (Å²) < 4.78 is 0. The van der Waals surface area contributed by atoms with Crippen molar-refractivity contribution in [1.82, 2.24) is 20.9 Å². The first-order chi connectivity index (χ1) is 16.1. The Morgan fingerprint density at radius 1 is 0.879 bits per heavy atom. The second-order valence-corrected chi connectivity index (χ2v) is 9.28. The molecule has 2 aromatic carbocycles. The van der Waals surface area contributed by atoms with Crippen LogP contribution in [0.15, 0.2) is 48.5 Å². The number of amides is 3. The molecule has 3 atom stereocenters. The lowest BCUT2D eigenvalue weighted by Gasteiger charge is -2.29.